The minimum atomic E-state index is -6.78. The second kappa shape index (κ2) is 11.1. The fraction of sp³-hybridized carbons (Fsp3) is 0.278. The van der Waals surface area contributed by atoms with Crippen molar-refractivity contribution in [1.82, 2.24) is 0 Å². The molecule has 1 atom stereocenters. The summed E-state index contributed by atoms with van der Waals surface area (Å²) in [6.45, 7) is 0. The molecule has 0 radical (unpaired) electrons. The van der Waals surface area contributed by atoms with Gasteiger partial charge in [-0.25, -0.2) is 4.21 Å². The summed E-state index contributed by atoms with van der Waals surface area (Å²) in [6, 6.07) is 5.83. The number of carbonyl (C=O) groups excluding carboxylic acids is 1. The Kier molecular flexibility index (Phi) is 9.17. The lowest BCUT2D eigenvalue weighted by molar-refractivity contribution is -0.388. The van der Waals surface area contributed by atoms with Gasteiger partial charge >= 0.3 is 22.9 Å². The van der Waals surface area contributed by atoms with Crippen molar-refractivity contribution in [2.24, 2.45) is 0 Å². The molecule has 1 amide bonds. The van der Waals surface area contributed by atoms with Gasteiger partial charge in [-0.1, -0.05) is 12.1 Å². The monoisotopic (exact) mass is 604 g/mol. The average molecular weight is 604 g/mol. The summed E-state index contributed by atoms with van der Waals surface area (Å²) >= 11 is -0.163. The summed E-state index contributed by atoms with van der Waals surface area (Å²) in [6.07, 6.45) is -6.78. The molecule has 1 N–H and O–H groups in total. The molecule has 0 aromatic heterocycles. The van der Waals surface area contributed by atoms with Crippen LogP contribution in [-0.2, 0) is 15.6 Å². The molecule has 0 heterocycles. The number of nitro benzene ring substituents is 1. The molecule has 0 fully saturated rings. The topological polar surface area (TPSA) is 89.3 Å². The maximum Gasteiger partial charge on any atom is 0.461 e. The first-order valence-electron chi connectivity index (χ1n) is 9.08. The second-order valence-corrected chi connectivity index (χ2v) is 10.3. The Morgan fingerprint density at radius 3 is 2.08 bits per heavy atom. The predicted octanol–water partition coefficient (Wildman–Crippen LogP) is 6.84. The highest BCUT2D eigenvalue weighted by atomic mass is 32.2. The summed E-state index contributed by atoms with van der Waals surface area (Å²) in [7, 11) is -4.39. The van der Waals surface area contributed by atoms with Crippen molar-refractivity contribution in [2.75, 3.05) is 11.1 Å². The van der Waals surface area contributed by atoms with Crippen LogP contribution in [0.4, 0.5) is 55.3 Å². The van der Waals surface area contributed by atoms with E-state index in [0.717, 1.165) is 12.1 Å². The SMILES string of the molecule is O=C(CSc1ccc(S(=O)C(F)(F)C(F)(F)C(F)(F)F)cc1[N+](=O)[O-])Nc1ccccc1SC(F)(F)F. The van der Waals surface area contributed by atoms with E-state index in [2.05, 4.69) is 5.32 Å². The molecule has 0 saturated heterocycles. The minimum Gasteiger partial charge on any atom is -0.324 e. The van der Waals surface area contributed by atoms with Gasteiger partial charge in [-0.2, -0.15) is 43.9 Å². The Morgan fingerprint density at radius 1 is 0.946 bits per heavy atom. The van der Waals surface area contributed by atoms with Crippen molar-refractivity contribution in [3.63, 3.8) is 0 Å². The third kappa shape index (κ3) is 7.28. The van der Waals surface area contributed by atoms with Crippen molar-refractivity contribution in [2.45, 2.75) is 37.5 Å². The van der Waals surface area contributed by atoms with Gasteiger partial charge in [0.25, 0.3) is 5.69 Å². The first-order chi connectivity index (χ1) is 16.8. The van der Waals surface area contributed by atoms with E-state index in [9.17, 15) is 63.0 Å². The van der Waals surface area contributed by atoms with Gasteiger partial charge in [0.05, 0.1) is 26.2 Å². The smallest absolute Gasteiger partial charge is 0.324 e. The van der Waals surface area contributed by atoms with Crippen LogP contribution in [0.25, 0.3) is 0 Å². The first-order valence-corrected chi connectivity index (χ1v) is 12.0. The normalized spacial score (nSPS) is 13.8. The van der Waals surface area contributed by atoms with E-state index in [1.807, 2.05) is 0 Å². The molecule has 0 bridgehead atoms. The molecule has 0 aliphatic rings. The van der Waals surface area contributed by atoms with Crippen molar-refractivity contribution < 1.29 is 57.8 Å². The van der Waals surface area contributed by atoms with Gasteiger partial charge in [0, 0.05) is 11.0 Å². The summed E-state index contributed by atoms with van der Waals surface area (Å²) in [4.78, 5) is 19.9. The molecule has 6 nitrogen and oxygen atoms in total. The van der Waals surface area contributed by atoms with Crippen molar-refractivity contribution >= 4 is 51.6 Å². The first kappa shape index (κ1) is 30.7. The maximum absolute atomic E-state index is 13.7. The zero-order valence-electron chi connectivity index (χ0n) is 17.3. The van der Waals surface area contributed by atoms with E-state index in [4.69, 9.17) is 0 Å². The molecule has 2 rings (SSSR count). The van der Waals surface area contributed by atoms with Crippen molar-refractivity contribution in [3.8, 4) is 0 Å². The van der Waals surface area contributed by atoms with Crippen LogP contribution < -0.4 is 5.32 Å². The summed E-state index contributed by atoms with van der Waals surface area (Å²) in [5.74, 6) is -8.37. The quantitative estimate of drug-likeness (QED) is 0.146. The van der Waals surface area contributed by atoms with Crippen LogP contribution in [0.5, 0.6) is 0 Å². The van der Waals surface area contributed by atoms with E-state index in [1.54, 1.807) is 0 Å². The van der Waals surface area contributed by atoms with Crippen LogP contribution in [0.15, 0.2) is 57.2 Å². The lowest BCUT2D eigenvalue weighted by Gasteiger charge is -2.27. The predicted molar refractivity (Wildman–Crippen MR) is 113 cm³/mol. The van der Waals surface area contributed by atoms with Crippen molar-refractivity contribution in [1.29, 1.82) is 0 Å². The number of hydrogen-bond acceptors (Lipinski definition) is 6. The molecule has 19 heteroatoms. The molecule has 204 valence electrons. The van der Waals surface area contributed by atoms with E-state index < -0.39 is 77.5 Å². The van der Waals surface area contributed by atoms with E-state index in [-0.39, 0.29) is 16.6 Å². The van der Waals surface area contributed by atoms with Gasteiger partial charge in [-0.15, -0.1) is 11.8 Å². The number of amides is 1. The average Bonchev–Trinajstić information content (AvgIpc) is 2.76. The van der Waals surface area contributed by atoms with Gasteiger partial charge in [0.2, 0.25) is 5.91 Å². The highest BCUT2D eigenvalue weighted by Gasteiger charge is 2.76. The number of rotatable bonds is 9. The number of nitrogens with one attached hydrogen (secondary N) is 1. The summed E-state index contributed by atoms with van der Waals surface area (Å²) in [5.41, 5.74) is -6.08. The third-order valence-corrected chi connectivity index (χ3v) is 7.32. The molecule has 0 aliphatic heterocycles. The molecule has 2 aromatic carbocycles. The van der Waals surface area contributed by atoms with Crippen LogP contribution >= 0.6 is 23.5 Å². The van der Waals surface area contributed by atoms with Crippen LogP contribution in [0.1, 0.15) is 0 Å². The van der Waals surface area contributed by atoms with E-state index in [0.29, 0.717) is 23.9 Å². The number of nitrogens with zero attached hydrogens (tertiary/aromatic N) is 1. The molecule has 2 aromatic rings. The Morgan fingerprint density at radius 2 is 1.54 bits per heavy atom. The Bertz CT molecular complexity index is 1210. The molecular weight excluding hydrogens is 594 g/mol. The summed E-state index contributed by atoms with van der Waals surface area (Å²) < 4.78 is 141. The molecular formula is C18H10F10N2O4S3. The molecule has 0 spiro atoms. The number of anilines is 1. The lowest BCUT2D eigenvalue weighted by Crippen LogP contribution is -2.54. The maximum atomic E-state index is 13.7. The Balaban J connectivity index is 2.24. The van der Waals surface area contributed by atoms with E-state index in [1.165, 1.54) is 12.1 Å². The Hall–Kier alpha value is -2.54. The number of carbonyl (C=O) groups is 1. The van der Waals surface area contributed by atoms with Crippen LogP contribution in [0.3, 0.4) is 0 Å². The molecule has 1 unspecified atom stereocenters. The number of hydrogen-bond donors (Lipinski definition) is 1. The van der Waals surface area contributed by atoms with Crippen LogP contribution in [-0.4, -0.2) is 43.7 Å². The van der Waals surface area contributed by atoms with Gasteiger partial charge in [-0.05, 0) is 36.0 Å². The third-order valence-electron chi connectivity index (χ3n) is 4.04. The fourth-order valence-electron chi connectivity index (χ4n) is 2.42. The lowest BCUT2D eigenvalue weighted by atomic mass is 10.3. The van der Waals surface area contributed by atoms with Gasteiger partial charge in [0.1, 0.15) is 10.8 Å². The highest BCUT2D eigenvalue weighted by Crippen LogP contribution is 2.49. The zero-order chi connectivity index (χ0) is 28.4. The van der Waals surface area contributed by atoms with Crippen molar-refractivity contribution in [3.05, 3.63) is 52.6 Å². The molecule has 0 saturated carbocycles. The minimum absolute atomic E-state index is 0.0893. The number of thioether (sulfide) groups is 2. The number of benzene rings is 2. The van der Waals surface area contributed by atoms with Crippen LogP contribution in [0.2, 0.25) is 0 Å². The second-order valence-electron chi connectivity index (χ2n) is 6.63. The van der Waals surface area contributed by atoms with Gasteiger partial charge in [0.15, 0.2) is 0 Å². The molecule has 0 aliphatic carbocycles. The fourth-order valence-corrected chi connectivity index (χ4v) is 4.90. The largest absolute Gasteiger partial charge is 0.461 e. The number of halogens is 10. The molecule has 37 heavy (non-hydrogen) atoms. The highest BCUT2D eigenvalue weighted by molar-refractivity contribution is 8.00. The number of nitro groups is 1. The van der Waals surface area contributed by atoms with Gasteiger partial charge < -0.3 is 5.32 Å². The zero-order valence-corrected chi connectivity index (χ0v) is 19.8. The summed E-state index contributed by atoms with van der Waals surface area (Å²) in [5, 5.41) is 7.24. The Labute approximate surface area is 210 Å². The van der Waals surface area contributed by atoms with Crippen LogP contribution in [0, 0.1) is 10.1 Å². The standard InChI is InChI=1S/C18H10F10N2O4S3/c19-15(20,16(21,22)23)17(24,25)37(34)9-5-6-13(11(7-9)30(32)33)35-8-14(31)29-10-3-1-2-4-12(10)36-18(26,27)28/h1-7H,8H2,(H,29,31). The number of para-hydroxylation sites is 1. The van der Waals surface area contributed by atoms with E-state index >= 15 is 0 Å². The number of alkyl halides is 10. The van der Waals surface area contributed by atoms with Gasteiger partial charge in [-0.3, -0.25) is 14.9 Å².